The van der Waals surface area contributed by atoms with Crippen LogP contribution in [0.5, 0.6) is 0 Å². The molecule has 7 nitrogen and oxygen atoms in total. The first-order chi connectivity index (χ1) is 12.6. The molecule has 3 heterocycles. The molecule has 140 valence electrons. The Bertz CT molecular complexity index is 672. The predicted molar refractivity (Wildman–Crippen MR) is 98.8 cm³/mol. The van der Waals surface area contributed by atoms with Crippen LogP contribution in [0, 0.1) is 11.3 Å². The van der Waals surface area contributed by atoms with Gasteiger partial charge in [0, 0.05) is 58.0 Å². The summed E-state index contributed by atoms with van der Waals surface area (Å²) < 4.78 is 5.14. The molecule has 1 amide bonds. The van der Waals surface area contributed by atoms with E-state index in [0.717, 1.165) is 44.8 Å². The molecule has 0 bridgehead atoms. The maximum Gasteiger partial charge on any atom is 0.222 e. The first-order valence-corrected chi connectivity index (χ1v) is 9.17. The summed E-state index contributed by atoms with van der Waals surface area (Å²) in [6.07, 6.45) is 4.01. The number of anilines is 1. The van der Waals surface area contributed by atoms with Crippen molar-refractivity contribution in [3.05, 3.63) is 23.9 Å². The zero-order valence-electron chi connectivity index (χ0n) is 15.6. The highest BCUT2D eigenvalue weighted by atomic mass is 16.5. The number of likely N-dealkylation sites (tertiary alicyclic amines) is 1. The number of pyridine rings is 1. The molecule has 1 spiro atoms. The molecule has 2 saturated heterocycles. The van der Waals surface area contributed by atoms with E-state index in [4.69, 9.17) is 10.00 Å². The Morgan fingerprint density at radius 3 is 2.85 bits per heavy atom. The van der Waals surface area contributed by atoms with Gasteiger partial charge in [0.2, 0.25) is 5.91 Å². The molecule has 0 unspecified atom stereocenters. The maximum atomic E-state index is 12.5. The van der Waals surface area contributed by atoms with Gasteiger partial charge in [0.25, 0.3) is 0 Å². The Morgan fingerprint density at radius 1 is 1.31 bits per heavy atom. The Kier molecular flexibility index (Phi) is 5.74. The number of nitrogens with zero attached hydrogens (tertiary/aromatic N) is 5. The van der Waals surface area contributed by atoms with Gasteiger partial charge in [-0.15, -0.1) is 0 Å². The average molecular weight is 357 g/mol. The van der Waals surface area contributed by atoms with Crippen LogP contribution in [0.1, 0.15) is 24.8 Å². The fourth-order valence-electron chi connectivity index (χ4n) is 3.97. The van der Waals surface area contributed by atoms with Gasteiger partial charge in [0.1, 0.15) is 11.9 Å². The number of carbonyl (C=O) groups excluding carboxylic acids is 1. The lowest BCUT2D eigenvalue weighted by molar-refractivity contribution is -0.131. The van der Waals surface area contributed by atoms with E-state index < -0.39 is 0 Å². The third-order valence-electron chi connectivity index (χ3n) is 5.77. The topological polar surface area (TPSA) is 72.7 Å². The summed E-state index contributed by atoms with van der Waals surface area (Å²) in [5.74, 6) is 1.13. The quantitative estimate of drug-likeness (QED) is 0.804. The Hall–Kier alpha value is -2.17. The van der Waals surface area contributed by atoms with Crippen molar-refractivity contribution >= 4 is 11.7 Å². The number of amides is 1. The number of piperazine rings is 1. The second-order valence-corrected chi connectivity index (χ2v) is 7.21. The molecule has 0 radical (unpaired) electrons. The molecular formula is C19H27N5O2. The van der Waals surface area contributed by atoms with E-state index >= 15 is 0 Å². The second-order valence-electron chi connectivity index (χ2n) is 7.21. The third-order valence-corrected chi connectivity index (χ3v) is 5.77. The number of methoxy groups -OCH3 is 1. The fourth-order valence-corrected chi connectivity index (χ4v) is 3.97. The molecule has 2 fully saturated rings. The summed E-state index contributed by atoms with van der Waals surface area (Å²) in [6.45, 7) is 4.70. The predicted octanol–water partition coefficient (Wildman–Crippen LogP) is 1.10. The molecule has 1 aromatic rings. The van der Waals surface area contributed by atoms with Gasteiger partial charge in [-0.2, -0.15) is 5.26 Å². The number of likely N-dealkylation sites (N-methyl/N-ethyl adjacent to an activating group) is 1. The van der Waals surface area contributed by atoms with Crippen LogP contribution in [0.25, 0.3) is 0 Å². The average Bonchev–Trinajstić information content (AvgIpc) is 2.83. The summed E-state index contributed by atoms with van der Waals surface area (Å²) in [5, 5.41) is 8.96. The van der Waals surface area contributed by atoms with E-state index in [9.17, 15) is 4.79 Å². The minimum atomic E-state index is -0.0225. The van der Waals surface area contributed by atoms with E-state index in [0.29, 0.717) is 25.1 Å². The van der Waals surface area contributed by atoms with E-state index in [1.807, 2.05) is 17.0 Å². The molecule has 1 aromatic heterocycles. The van der Waals surface area contributed by atoms with Gasteiger partial charge in [0.15, 0.2) is 0 Å². The summed E-state index contributed by atoms with van der Waals surface area (Å²) in [5.41, 5.74) is 0.553. The number of hydrogen-bond acceptors (Lipinski definition) is 6. The highest BCUT2D eigenvalue weighted by molar-refractivity contribution is 5.76. The van der Waals surface area contributed by atoms with Gasteiger partial charge in [-0.05, 0) is 32.0 Å². The molecule has 1 atom stereocenters. The normalized spacial score (nSPS) is 24.6. The van der Waals surface area contributed by atoms with Gasteiger partial charge >= 0.3 is 0 Å². The smallest absolute Gasteiger partial charge is 0.222 e. The molecule has 0 saturated carbocycles. The molecule has 0 N–H and O–H groups in total. The van der Waals surface area contributed by atoms with E-state index in [1.165, 1.54) is 0 Å². The van der Waals surface area contributed by atoms with Crippen molar-refractivity contribution in [3.8, 4) is 6.07 Å². The monoisotopic (exact) mass is 357 g/mol. The van der Waals surface area contributed by atoms with Crippen molar-refractivity contribution in [3.63, 3.8) is 0 Å². The van der Waals surface area contributed by atoms with Crippen LogP contribution in [-0.2, 0) is 9.53 Å². The third kappa shape index (κ3) is 3.81. The summed E-state index contributed by atoms with van der Waals surface area (Å²) in [4.78, 5) is 23.6. The number of aromatic nitrogens is 1. The van der Waals surface area contributed by atoms with Crippen molar-refractivity contribution in [2.24, 2.45) is 0 Å². The molecule has 0 aliphatic carbocycles. The Balaban J connectivity index is 1.74. The zero-order chi connectivity index (χ0) is 18.6. The summed E-state index contributed by atoms with van der Waals surface area (Å²) in [6, 6.07) is 5.85. The van der Waals surface area contributed by atoms with E-state index in [1.54, 1.807) is 13.3 Å². The highest BCUT2D eigenvalue weighted by Crippen LogP contribution is 2.33. The van der Waals surface area contributed by atoms with Crippen LogP contribution in [0.3, 0.4) is 0 Å². The maximum absolute atomic E-state index is 12.5. The van der Waals surface area contributed by atoms with Crippen molar-refractivity contribution in [2.75, 3.05) is 58.4 Å². The molecule has 26 heavy (non-hydrogen) atoms. The Morgan fingerprint density at radius 2 is 2.15 bits per heavy atom. The molecule has 2 aliphatic heterocycles. The lowest BCUT2D eigenvalue weighted by Crippen LogP contribution is -2.61. The van der Waals surface area contributed by atoms with Gasteiger partial charge in [0.05, 0.1) is 12.2 Å². The van der Waals surface area contributed by atoms with Crippen molar-refractivity contribution < 1.29 is 9.53 Å². The second kappa shape index (κ2) is 8.02. The number of carbonyl (C=O) groups is 1. The van der Waals surface area contributed by atoms with Crippen LogP contribution in [0.2, 0.25) is 0 Å². The van der Waals surface area contributed by atoms with Crippen molar-refractivity contribution in [1.82, 2.24) is 14.8 Å². The molecular weight excluding hydrogens is 330 g/mol. The van der Waals surface area contributed by atoms with Crippen LogP contribution in [0.15, 0.2) is 18.3 Å². The van der Waals surface area contributed by atoms with Crippen LogP contribution >= 0.6 is 0 Å². The van der Waals surface area contributed by atoms with E-state index in [2.05, 4.69) is 27.9 Å². The van der Waals surface area contributed by atoms with Crippen LogP contribution < -0.4 is 4.90 Å². The summed E-state index contributed by atoms with van der Waals surface area (Å²) >= 11 is 0. The molecule has 3 rings (SSSR count). The van der Waals surface area contributed by atoms with Crippen LogP contribution in [-0.4, -0.2) is 79.7 Å². The van der Waals surface area contributed by atoms with Gasteiger partial charge < -0.3 is 14.5 Å². The number of hydrogen-bond donors (Lipinski definition) is 0. The summed E-state index contributed by atoms with van der Waals surface area (Å²) in [7, 11) is 3.83. The molecule has 0 aromatic carbocycles. The molecule has 7 heteroatoms. The number of rotatable bonds is 4. The van der Waals surface area contributed by atoms with Crippen molar-refractivity contribution in [1.29, 1.82) is 5.26 Å². The zero-order valence-corrected chi connectivity index (χ0v) is 15.6. The first kappa shape index (κ1) is 18.6. The first-order valence-electron chi connectivity index (χ1n) is 9.17. The minimum Gasteiger partial charge on any atom is -0.383 e. The van der Waals surface area contributed by atoms with Gasteiger partial charge in [-0.25, -0.2) is 4.98 Å². The van der Waals surface area contributed by atoms with Gasteiger partial charge in [-0.3, -0.25) is 9.69 Å². The lowest BCUT2D eigenvalue weighted by Gasteiger charge is -2.49. The number of nitriles is 1. The SMILES string of the molecule is COCCN1CC[C@@]2(CCC1=O)CN(c1ccc(C#N)cn1)CCN2C. The molecule has 2 aliphatic rings. The number of ether oxygens (including phenoxy) is 1. The van der Waals surface area contributed by atoms with Crippen molar-refractivity contribution in [2.45, 2.75) is 24.8 Å². The van der Waals surface area contributed by atoms with Gasteiger partial charge in [-0.1, -0.05) is 0 Å². The fraction of sp³-hybridized carbons (Fsp3) is 0.632. The largest absolute Gasteiger partial charge is 0.383 e. The standard InChI is InChI=1S/C19H27N5O2/c1-22-9-10-24(17-4-3-16(13-20)14-21-17)15-19(22)6-5-18(25)23(8-7-19)11-12-26-2/h3-4,14H,5-12,15H2,1-2H3/t19-/m0/s1. The Labute approximate surface area is 155 Å². The van der Waals surface area contributed by atoms with E-state index in [-0.39, 0.29) is 11.4 Å². The highest BCUT2D eigenvalue weighted by Gasteiger charge is 2.42. The minimum absolute atomic E-state index is 0.0225. The lowest BCUT2D eigenvalue weighted by atomic mass is 9.86. The van der Waals surface area contributed by atoms with Crippen LogP contribution in [0.4, 0.5) is 5.82 Å².